The van der Waals surface area contributed by atoms with Crippen LogP contribution >= 0.6 is 0 Å². The molecular formula is C9H6N2O3. The Balaban J connectivity index is 3.16. The van der Waals surface area contributed by atoms with E-state index in [1.165, 1.54) is 18.2 Å². The second-order valence-electron chi connectivity index (χ2n) is 2.39. The summed E-state index contributed by atoms with van der Waals surface area (Å²) in [6, 6.07) is 5.88. The van der Waals surface area contributed by atoms with Crippen molar-refractivity contribution in [3.8, 4) is 11.8 Å². The molecule has 70 valence electrons. The predicted octanol–water partition coefficient (Wildman–Crippen LogP) is 0.432. The molecule has 0 unspecified atom stereocenters. The van der Waals surface area contributed by atoms with E-state index in [0.717, 1.165) is 0 Å². The summed E-state index contributed by atoms with van der Waals surface area (Å²) in [5.74, 6) is 3.55. The third-order valence-corrected chi connectivity index (χ3v) is 1.42. The van der Waals surface area contributed by atoms with Crippen LogP contribution in [0.2, 0.25) is 0 Å². The molecule has 0 bridgehead atoms. The fourth-order valence-electron chi connectivity index (χ4n) is 0.867. The molecule has 1 amide bonds. The number of hydrogen-bond donors (Lipinski definition) is 1. The SMILES string of the molecule is NC(=O)C#Cc1ccccc1[N+](=O)[O-]. The lowest BCUT2D eigenvalue weighted by Crippen LogP contribution is -2.06. The van der Waals surface area contributed by atoms with Gasteiger partial charge in [0.05, 0.1) is 4.92 Å². The number of benzene rings is 1. The second kappa shape index (κ2) is 4.05. The second-order valence-corrected chi connectivity index (χ2v) is 2.39. The molecule has 0 saturated heterocycles. The zero-order valence-corrected chi connectivity index (χ0v) is 7.06. The molecule has 0 saturated carbocycles. The van der Waals surface area contributed by atoms with Crippen molar-refractivity contribution in [1.82, 2.24) is 0 Å². The number of nitro groups is 1. The Hall–Kier alpha value is -2.35. The van der Waals surface area contributed by atoms with Crippen LogP contribution in [0.5, 0.6) is 0 Å². The lowest BCUT2D eigenvalue weighted by Gasteiger charge is -1.92. The van der Waals surface area contributed by atoms with Crippen LogP contribution in [0.25, 0.3) is 0 Å². The lowest BCUT2D eigenvalue weighted by atomic mass is 10.2. The Kier molecular flexibility index (Phi) is 2.82. The van der Waals surface area contributed by atoms with Gasteiger partial charge < -0.3 is 5.73 Å². The van der Waals surface area contributed by atoms with E-state index in [1.54, 1.807) is 6.07 Å². The summed E-state index contributed by atoms with van der Waals surface area (Å²) in [6.07, 6.45) is 0. The first-order chi connectivity index (χ1) is 6.61. The van der Waals surface area contributed by atoms with Gasteiger partial charge in [0.1, 0.15) is 5.56 Å². The fraction of sp³-hybridized carbons (Fsp3) is 0. The largest absolute Gasteiger partial charge is 0.359 e. The topological polar surface area (TPSA) is 86.2 Å². The van der Waals surface area contributed by atoms with Crippen LogP contribution in [0.15, 0.2) is 24.3 Å². The summed E-state index contributed by atoms with van der Waals surface area (Å²) in [5.41, 5.74) is 4.82. The molecule has 0 aromatic heterocycles. The van der Waals surface area contributed by atoms with Crippen molar-refractivity contribution >= 4 is 11.6 Å². The number of amides is 1. The van der Waals surface area contributed by atoms with E-state index >= 15 is 0 Å². The van der Waals surface area contributed by atoms with E-state index in [4.69, 9.17) is 5.73 Å². The Morgan fingerprint density at radius 2 is 2.07 bits per heavy atom. The third kappa shape index (κ3) is 2.32. The van der Waals surface area contributed by atoms with Crippen molar-refractivity contribution in [2.24, 2.45) is 5.73 Å². The quantitative estimate of drug-likeness (QED) is 0.395. The molecule has 2 N–H and O–H groups in total. The number of primary amides is 1. The Morgan fingerprint density at radius 1 is 1.43 bits per heavy atom. The third-order valence-electron chi connectivity index (χ3n) is 1.42. The molecule has 1 aromatic carbocycles. The maximum absolute atomic E-state index is 10.5. The van der Waals surface area contributed by atoms with Crippen LogP contribution in [0, 0.1) is 22.0 Å². The van der Waals surface area contributed by atoms with E-state index in [-0.39, 0.29) is 11.3 Å². The van der Waals surface area contributed by atoms with E-state index in [0.29, 0.717) is 0 Å². The molecule has 5 heteroatoms. The van der Waals surface area contributed by atoms with Crippen LogP contribution in [-0.2, 0) is 4.79 Å². The zero-order chi connectivity index (χ0) is 10.6. The maximum atomic E-state index is 10.5. The average molecular weight is 190 g/mol. The van der Waals surface area contributed by atoms with E-state index < -0.39 is 10.8 Å². The molecule has 0 atom stereocenters. The van der Waals surface area contributed by atoms with Crippen LogP contribution in [0.3, 0.4) is 0 Å². The number of hydrogen-bond acceptors (Lipinski definition) is 3. The summed E-state index contributed by atoms with van der Waals surface area (Å²) < 4.78 is 0. The number of nitrogens with zero attached hydrogens (tertiary/aromatic N) is 1. The van der Waals surface area contributed by atoms with Crippen molar-refractivity contribution in [1.29, 1.82) is 0 Å². The highest BCUT2D eigenvalue weighted by Crippen LogP contribution is 2.15. The molecule has 14 heavy (non-hydrogen) atoms. The van der Waals surface area contributed by atoms with Gasteiger partial charge in [-0.05, 0) is 12.0 Å². The van der Waals surface area contributed by atoms with Gasteiger partial charge in [-0.15, -0.1) is 0 Å². The molecule has 1 aromatic rings. The van der Waals surface area contributed by atoms with Gasteiger partial charge in [0, 0.05) is 12.0 Å². The van der Waals surface area contributed by atoms with Crippen molar-refractivity contribution < 1.29 is 9.72 Å². The molecule has 0 fully saturated rings. The Bertz CT molecular complexity index is 443. The molecule has 0 spiro atoms. The first-order valence-electron chi connectivity index (χ1n) is 3.66. The van der Waals surface area contributed by atoms with Gasteiger partial charge in [-0.3, -0.25) is 14.9 Å². The number of rotatable bonds is 1. The van der Waals surface area contributed by atoms with E-state index in [1.807, 2.05) is 5.92 Å². The molecule has 0 aliphatic heterocycles. The summed E-state index contributed by atoms with van der Waals surface area (Å²) in [7, 11) is 0. The predicted molar refractivity (Wildman–Crippen MR) is 49.2 cm³/mol. The van der Waals surface area contributed by atoms with Gasteiger partial charge in [0.2, 0.25) is 0 Å². The lowest BCUT2D eigenvalue weighted by molar-refractivity contribution is -0.385. The standard InChI is InChI=1S/C9H6N2O3/c10-9(12)6-5-7-3-1-2-4-8(7)11(13)14/h1-4H,(H2,10,12). The highest BCUT2D eigenvalue weighted by atomic mass is 16.6. The smallest absolute Gasteiger partial charge is 0.293 e. The Morgan fingerprint density at radius 3 is 2.64 bits per heavy atom. The number of carbonyl (C=O) groups is 1. The first-order valence-corrected chi connectivity index (χ1v) is 3.66. The molecule has 0 aliphatic rings. The summed E-state index contributed by atoms with van der Waals surface area (Å²) in [4.78, 5) is 20.3. The van der Waals surface area contributed by atoms with Crippen molar-refractivity contribution in [3.05, 3.63) is 39.9 Å². The van der Waals surface area contributed by atoms with Crippen molar-refractivity contribution in [3.63, 3.8) is 0 Å². The molecular weight excluding hydrogens is 184 g/mol. The van der Waals surface area contributed by atoms with Crippen molar-refractivity contribution in [2.45, 2.75) is 0 Å². The molecule has 5 nitrogen and oxygen atoms in total. The highest BCUT2D eigenvalue weighted by Gasteiger charge is 2.09. The number of para-hydroxylation sites is 1. The average Bonchev–Trinajstić information content (AvgIpc) is 2.15. The van der Waals surface area contributed by atoms with Gasteiger partial charge in [-0.2, -0.15) is 0 Å². The van der Waals surface area contributed by atoms with Crippen LogP contribution in [-0.4, -0.2) is 10.8 Å². The zero-order valence-electron chi connectivity index (χ0n) is 7.06. The van der Waals surface area contributed by atoms with Crippen LogP contribution < -0.4 is 5.73 Å². The monoisotopic (exact) mass is 190 g/mol. The van der Waals surface area contributed by atoms with Gasteiger partial charge >= 0.3 is 0 Å². The minimum Gasteiger partial charge on any atom is -0.359 e. The Labute approximate surface area is 79.7 Å². The molecule has 0 aliphatic carbocycles. The highest BCUT2D eigenvalue weighted by molar-refractivity contribution is 5.92. The molecule has 0 heterocycles. The summed E-state index contributed by atoms with van der Waals surface area (Å²) in [6.45, 7) is 0. The number of carbonyl (C=O) groups excluding carboxylic acids is 1. The number of nitro benzene ring substituents is 1. The van der Waals surface area contributed by atoms with E-state index in [9.17, 15) is 14.9 Å². The summed E-state index contributed by atoms with van der Waals surface area (Å²) >= 11 is 0. The summed E-state index contributed by atoms with van der Waals surface area (Å²) in [5, 5.41) is 10.5. The first kappa shape index (κ1) is 9.74. The molecule has 1 rings (SSSR count). The van der Waals surface area contributed by atoms with Gasteiger partial charge in [-0.1, -0.05) is 12.1 Å². The van der Waals surface area contributed by atoms with Crippen LogP contribution in [0.1, 0.15) is 5.56 Å². The maximum Gasteiger partial charge on any atom is 0.293 e. The van der Waals surface area contributed by atoms with Gasteiger partial charge in [-0.25, -0.2) is 0 Å². The number of nitrogens with two attached hydrogens (primary N) is 1. The van der Waals surface area contributed by atoms with E-state index in [2.05, 4.69) is 5.92 Å². The minimum absolute atomic E-state index is 0.138. The minimum atomic E-state index is -0.817. The van der Waals surface area contributed by atoms with Gasteiger partial charge in [0.15, 0.2) is 0 Å². The fourth-order valence-corrected chi connectivity index (χ4v) is 0.867. The van der Waals surface area contributed by atoms with Crippen LogP contribution in [0.4, 0.5) is 5.69 Å². The molecule has 0 radical (unpaired) electrons. The van der Waals surface area contributed by atoms with Crippen molar-refractivity contribution in [2.75, 3.05) is 0 Å². The van der Waals surface area contributed by atoms with Gasteiger partial charge in [0.25, 0.3) is 11.6 Å². The normalized spacial score (nSPS) is 8.57.